The Morgan fingerprint density at radius 1 is 1.38 bits per heavy atom. The summed E-state index contributed by atoms with van der Waals surface area (Å²) in [5.41, 5.74) is 8.54. The van der Waals surface area contributed by atoms with Crippen LogP contribution < -0.4 is 5.73 Å². The van der Waals surface area contributed by atoms with Crippen LogP contribution in [0.15, 0.2) is 18.6 Å². The van der Waals surface area contributed by atoms with Crippen LogP contribution in [0.3, 0.4) is 0 Å². The van der Waals surface area contributed by atoms with Gasteiger partial charge in [0.1, 0.15) is 0 Å². The molecule has 16 heavy (non-hydrogen) atoms. The molecular formula is C11H14N4S. The van der Waals surface area contributed by atoms with Gasteiger partial charge in [-0.15, -0.1) is 0 Å². The van der Waals surface area contributed by atoms with Gasteiger partial charge in [-0.1, -0.05) is 6.42 Å². The number of thioether (sulfide) groups is 1. The Morgan fingerprint density at radius 2 is 2.31 bits per heavy atom. The zero-order valence-electron chi connectivity index (χ0n) is 8.97. The Bertz CT molecular complexity index is 502. The van der Waals surface area contributed by atoms with Crippen molar-refractivity contribution in [3.05, 3.63) is 24.2 Å². The largest absolute Gasteiger partial charge is 0.396 e. The molecule has 0 amide bonds. The van der Waals surface area contributed by atoms with Gasteiger partial charge in [0.15, 0.2) is 5.65 Å². The van der Waals surface area contributed by atoms with Gasteiger partial charge < -0.3 is 5.73 Å². The smallest absolute Gasteiger partial charge is 0.159 e. The first-order valence-electron chi connectivity index (χ1n) is 5.55. The molecule has 2 aromatic heterocycles. The number of aromatic nitrogens is 3. The second kappa shape index (κ2) is 3.97. The number of anilines is 1. The van der Waals surface area contributed by atoms with Gasteiger partial charge in [-0.05, 0) is 18.6 Å². The fraction of sp³-hybridized carbons (Fsp3) is 0.455. The van der Waals surface area contributed by atoms with Gasteiger partial charge >= 0.3 is 0 Å². The van der Waals surface area contributed by atoms with Gasteiger partial charge in [0, 0.05) is 10.8 Å². The Balaban J connectivity index is 2.03. The van der Waals surface area contributed by atoms with Crippen LogP contribution in [0.25, 0.3) is 5.65 Å². The van der Waals surface area contributed by atoms with Crippen LogP contribution >= 0.6 is 11.8 Å². The third-order valence-electron chi connectivity index (χ3n) is 2.93. The fourth-order valence-corrected chi connectivity index (χ4v) is 3.46. The number of nitrogen functional groups attached to an aromatic ring is 1. The van der Waals surface area contributed by atoms with E-state index >= 15 is 0 Å². The summed E-state index contributed by atoms with van der Waals surface area (Å²) in [5.74, 6) is 1.25. The lowest BCUT2D eigenvalue weighted by Gasteiger charge is -2.19. The van der Waals surface area contributed by atoms with Gasteiger partial charge in [0.2, 0.25) is 0 Å². The first-order valence-corrected chi connectivity index (χ1v) is 6.60. The summed E-state index contributed by atoms with van der Waals surface area (Å²) in [4.78, 5) is 4.38. The maximum Gasteiger partial charge on any atom is 0.159 e. The monoisotopic (exact) mass is 234 g/mol. The second-order valence-corrected chi connectivity index (χ2v) is 5.42. The summed E-state index contributed by atoms with van der Waals surface area (Å²) in [6.07, 6.45) is 9.33. The van der Waals surface area contributed by atoms with Crippen LogP contribution in [0.4, 0.5) is 5.69 Å². The summed E-state index contributed by atoms with van der Waals surface area (Å²) in [5, 5.41) is 4.87. The summed E-state index contributed by atoms with van der Waals surface area (Å²) < 4.78 is 1.78. The van der Waals surface area contributed by atoms with E-state index in [1.165, 1.54) is 30.6 Å². The molecule has 1 atom stereocenters. The molecule has 0 bridgehead atoms. The van der Waals surface area contributed by atoms with Crippen LogP contribution in [-0.4, -0.2) is 20.4 Å². The van der Waals surface area contributed by atoms with Gasteiger partial charge in [-0.2, -0.15) is 16.9 Å². The van der Waals surface area contributed by atoms with Crippen LogP contribution in [0.2, 0.25) is 0 Å². The predicted octanol–water partition coefficient (Wildman–Crippen LogP) is 2.27. The Labute approximate surface area is 98.2 Å². The van der Waals surface area contributed by atoms with Gasteiger partial charge in [0.25, 0.3) is 0 Å². The number of hydrogen-bond acceptors (Lipinski definition) is 4. The molecule has 3 heterocycles. The minimum atomic E-state index is 0.558. The molecule has 4 nitrogen and oxygen atoms in total. The van der Waals surface area contributed by atoms with E-state index < -0.39 is 0 Å². The SMILES string of the molecule is Nc1cnc2c(C3CCCCS3)cnn2c1. The molecule has 1 unspecified atom stereocenters. The molecule has 0 radical (unpaired) electrons. The van der Waals surface area contributed by atoms with Crippen LogP contribution in [0.1, 0.15) is 30.1 Å². The lowest BCUT2D eigenvalue weighted by atomic mass is 10.1. The minimum Gasteiger partial charge on any atom is -0.396 e. The van der Waals surface area contributed by atoms with Crippen molar-refractivity contribution in [3.63, 3.8) is 0 Å². The highest BCUT2D eigenvalue weighted by atomic mass is 32.2. The highest BCUT2D eigenvalue weighted by molar-refractivity contribution is 7.99. The van der Waals surface area contributed by atoms with E-state index in [1.807, 2.05) is 24.2 Å². The summed E-state index contributed by atoms with van der Waals surface area (Å²) in [6, 6.07) is 0. The Kier molecular flexibility index (Phi) is 2.47. The van der Waals surface area contributed by atoms with Crippen molar-refractivity contribution in [2.45, 2.75) is 24.5 Å². The molecular weight excluding hydrogens is 220 g/mol. The molecule has 2 N–H and O–H groups in total. The number of fused-ring (bicyclic) bond motifs is 1. The number of nitrogens with zero attached hydrogens (tertiary/aromatic N) is 3. The quantitative estimate of drug-likeness (QED) is 0.822. The third kappa shape index (κ3) is 1.65. The molecule has 1 fully saturated rings. The molecule has 0 saturated carbocycles. The molecule has 1 saturated heterocycles. The normalized spacial score (nSPS) is 21.4. The molecule has 5 heteroatoms. The van der Waals surface area contributed by atoms with Gasteiger partial charge in [-0.3, -0.25) is 0 Å². The maximum absolute atomic E-state index is 5.68. The van der Waals surface area contributed by atoms with Crippen molar-refractivity contribution in [1.82, 2.24) is 14.6 Å². The summed E-state index contributed by atoms with van der Waals surface area (Å²) >= 11 is 2.02. The maximum atomic E-state index is 5.68. The fourth-order valence-electron chi connectivity index (χ4n) is 2.12. The highest BCUT2D eigenvalue weighted by Gasteiger charge is 2.20. The first kappa shape index (κ1) is 9.96. The second-order valence-electron chi connectivity index (χ2n) is 4.11. The molecule has 0 aromatic carbocycles. The van der Waals surface area contributed by atoms with E-state index in [1.54, 1.807) is 10.7 Å². The molecule has 1 aliphatic rings. The Hall–Kier alpha value is -1.23. The van der Waals surface area contributed by atoms with E-state index in [2.05, 4.69) is 10.1 Å². The van der Waals surface area contributed by atoms with Crippen LogP contribution in [-0.2, 0) is 0 Å². The molecule has 0 aliphatic carbocycles. The summed E-state index contributed by atoms with van der Waals surface area (Å²) in [6.45, 7) is 0. The van der Waals surface area contributed by atoms with Crippen LogP contribution in [0, 0.1) is 0 Å². The lowest BCUT2D eigenvalue weighted by molar-refractivity contribution is 0.688. The zero-order chi connectivity index (χ0) is 11.0. The third-order valence-corrected chi connectivity index (χ3v) is 4.35. The molecule has 2 aromatic rings. The van der Waals surface area contributed by atoms with Gasteiger partial charge in [0.05, 0.1) is 24.3 Å². The predicted molar refractivity (Wildman–Crippen MR) is 66.4 cm³/mol. The molecule has 0 spiro atoms. The van der Waals surface area contributed by atoms with Crippen LogP contribution in [0.5, 0.6) is 0 Å². The topological polar surface area (TPSA) is 56.2 Å². The van der Waals surface area contributed by atoms with Crippen molar-refractivity contribution < 1.29 is 0 Å². The average Bonchev–Trinajstić information content (AvgIpc) is 2.73. The number of rotatable bonds is 1. The molecule has 84 valence electrons. The number of nitrogens with two attached hydrogens (primary N) is 1. The molecule has 1 aliphatic heterocycles. The van der Waals surface area contributed by atoms with Crippen molar-refractivity contribution in [2.24, 2.45) is 0 Å². The van der Waals surface area contributed by atoms with E-state index in [0.717, 1.165) is 5.65 Å². The number of hydrogen-bond donors (Lipinski definition) is 1. The zero-order valence-corrected chi connectivity index (χ0v) is 9.78. The van der Waals surface area contributed by atoms with Crippen molar-refractivity contribution in [3.8, 4) is 0 Å². The van der Waals surface area contributed by atoms with Crippen molar-refractivity contribution in [2.75, 3.05) is 11.5 Å². The first-order chi connectivity index (χ1) is 7.84. The average molecular weight is 234 g/mol. The molecule has 3 rings (SSSR count). The van der Waals surface area contributed by atoms with Crippen molar-refractivity contribution >= 4 is 23.1 Å². The standard InChI is InChI=1S/C11H14N4S/c12-8-5-13-11-9(6-14-15(11)7-8)10-3-1-2-4-16-10/h5-7,10H,1-4,12H2. The minimum absolute atomic E-state index is 0.558. The highest BCUT2D eigenvalue weighted by Crippen LogP contribution is 2.39. The van der Waals surface area contributed by atoms with Crippen molar-refractivity contribution in [1.29, 1.82) is 0 Å². The van der Waals surface area contributed by atoms with E-state index in [0.29, 0.717) is 10.9 Å². The van der Waals surface area contributed by atoms with E-state index in [9.17, 15) is 0 Å². The van der Waals surface area contributed by atoms with Gasteiger partial charge in [-0.25, -0.2) is 9.50 Å². The Morgan fingerprint density at radius 3 is 3.12 bits per heavy atom. The lowest BCUT2D eigenvalue weighted by Crippen LogP contribution is -2.02. The van der Waals surface area contributed by atoms with E-state index in [-0.39, 0.29) is 0 Å². The summed E-state index contributed by atoms with van der Waals surface area (Å²) in [7, 11) is 0. The van der Waals surface area contributed by atoms with E-state index in [4.69, 9.17) is 5.73 Å².